The molecule has 0 atom stereocenters. The summed E-state index contributed by atoms with van der Waals surface area (Å²) in [7, 11) is 1.51. The molecule has 0 radical (unpaired) electrons. The number of hydrogen-bond donors (Lipinski definition) is 0. The lowest BCUT2D eigenvalue weighted by Gasteiger charge is -2.00. The zero-order valence-electron chi connectivity index (χ0n) is 11.4. The Balaban J connectivity index is 2.48. The van der Waals surface area contributed by atoms with Gasteiger partial charge in [-0.15, -0.1) is 0 Å². The van der Waals surface area contributed by atoms with E-state index in [-0.39, 0.29) is 12.3 Å². The molecule has 0 N–H and O–H groups in total. The van der Waals surface area contributed by atoms with E-state index in [2.05, 4.69) is 5.16 Å². The van der Waals surface area contributed by atoms with Gasteiger partial charge in [-0.25, -0.2) is 4.79 Å². The van der Waals surface area contributed by atoms with Gasteiger partial charge >= 0.3 is 17.4 Å². The molecule has 8 heteroatoms. The molecule has 2 aromatic rings. The normalized spacial score (nSPS) is 10.2. The van der Waals surface area contributed by atoms with Crippen molar-refractivity contribution in [1.29, 1.82) is 0 Å². The lowest BCUT2D eigenvalue weighted by molar-refractivity contribution is -0.384. The highest BCUT2D eigenvalue weighted by molar-refractivity contribution is 5.94. The summed E-state index contributed by atoms with van der Waals surface area (Å²) in [5.41, 5.74) is -0.119. The summed E-state index contributed by atoms with van der Waals surface area (Å²) in [6, 6.07) is 6.41. The molecule has 0 aliphatic heterocycles. The van der Waals surface area contributed by atoms with Crippen LogP contribution in [-0.2, 0) is 4.74 Å². The molecule has 1 aromatic heterocycles. The third kappa shape index (κ3) is 2.83. The first kappa shape index (κ1) is 14.5. The van der Waals surface area contributed by atoms with Crippen LogP contribution in [0.3, 0.4) is 0 Å². The lowest BCUT2D eigenvalue weighted by Crippen LogP contribution is -2.06. The third-order valence-corrected chi connectivity index (χ3v) is 2.67. The summed E-state index contributed by atoms with van der Waals surface area (Å²) in [5.74, 6) is -0.848. The van der Waals surface area contributed by atoms with E-state index in [1.807, 2.05) is 0 Å². The van der Waals surface area contributed by atoms with Crippen LogP contribution in [0.25, 0.3) is 11.3 Å². The summed E-state index contributed by atoms with van der Waals surface area (Å²) in [4.78, 5) is 22.1. The number of methoxy groups -OCH3 is 1. The lowest BCUT2D eigenvalue weighted by atomic mass is 10.1. The molecular formula is C13H12N2O6. The van der Waals surface area contributed by atoms with E-state index >= 15 is 0 Å². The van der Waals surface area contributed by atoms with Crippen molar-refractivity contribution < 1.29 is 23.7 Å². The van der Waals surface area contributed by atoms with E-state index in [0.29, 0.717) is 11.3 Å². The van der Waals surface area contributed by atoms with Crippen molar-refractivity contribution in [3.8, 4) is 17.0 Å². The van der Waals surface area contributed by atoms with E-state index in [0.717, 1.165) is 0 Å². The van der Waals surface area contributed by atoms with Crippen LogP contribution < -0.4 is 4.74 Å². The number of nitrogens with zero attached hydrogens (tertiary/aromatic N) is 2. The highest BCUT2D eigenvalue weighted by atomic mass is 16.6. The Morgan fingerprint density at radius 2 is 2.05 bits per heavy atom. The fraction of sp³-hybridized carbons (Fsp3) is 0.231. The maximum Gasteiger partial charge on any atom is 0.384 e. The first-order valence-electron chi connectivity index (χ1n) is 6.04. The van der Waals surface area contributed by atoms with Crippen LogP contribution in [0.5, 0.6) is 5.75 Å². The number of carbonyl (C=O) groups excluding carboxylic acids is 1. The fourth-order valence-corrected chi connectivity index (χ4v) is 1.72. The molecule has 110 valence electrons. The van der Waals surface area contributed by atoms with Gasteiger partial charge < -0.3 is 14.0 Å². The molecule has 0 aliphatic rings. The molecule has 8 nitrogen and oxygen atoms in total. The minimum absolute atomic E-state index is 0.0364. The van der Waals surface area contributed by atoms with Gasteiger partial charge in [0, 0.05) is 5.56 Å². The van der Waals surface area contributed by atoms with E-state index in [1.165, 1.54) is 7.11 Å². The smallest absolute Gasteiger partial charge is 0.384 e. The monoisotopic (exact) mass is 292 g/mol. The maximum absolute atomic E-state index is 11.6. The topological polar surface area (TPSA) is 105 Å². The van der Waals surface area contributed by atoms with Gasteiger partial charge in [0.25, 0.3) is 0 Å². The Kier molecular flexibility index (Phi) is 4.17. The van der Waals surface area contributed by atoms with Crippen molar-refractivity contribution in [2.75, 3.05) is 13.7 Å². The Labute approximate surface area is 119 Å². The fourth-order valence-electron chi connectivity index (χ4n) is 1.72. The number of hydrogen-bond acceptors (Lipinski definition) is 7. The van der Waals surface area contributed by atoms with Crippen LogP contribution in [-0.4, -0.2) is 29.8 Å². The third-order valence-electron chi connectivity index (χ3n) is 2.67. The van der Waals surface area contributed by atoms with Gasteiger partial charge in [-0.1, -0.05) is 5.16 Å². The Morgan fingerprint density at radius 1 is 1.38 bits per heavy atom. The van der Waals surface area contributed by atoms with Crippen LogP contribution >= 0.6 is 0 Å². The molecule has 0 amide bonds. The number of esters is 1. The SMILES string of the molecule is CCOC(=O)c1onc(-c2ccc(OC)cc2)c1[N+](=O)[O-]. The van der Waals surface area contributed by atoms with Gasteiger partial charge in [0.15, 0.2) is 5.69 Å². The molecule has 0 saturated carbocycles. The molecule has 21 heavy (non-hydrogen) atoms. The summed E-state index contributed by atoms with van der Waals surface area (Å²) < 4.78 is 14.5. The zero-order chi connectivity index (χ0) is 15.4. The van der Waals surface area contributed by atoms with Crippen molar-refractivity contribution >= 4 is 11.7 Å². The van der Waals surface area contributed by atoms with Crippen LogP contribution in [0.4, 0.5) is 5.69 Å². The predicted molar refractivity (Wildman–Crippen MR) is 71.1 cm³/mol. The number of nitro groups is 1. The van der Waals surface area contributed by atoms with Crippen LogP contribution in [0.1, 0.15) is 17.5 Å². The van der Waals surface area contributed by atoms with Gasteiger partial charge in [-0.2, -0.15) is 0 Å². The highest BCUT2D eigenvalue weighted by Crippen LogP contribution is 2.33. The number of carbonyl (C=O) groups is 1. The Hall–Kier alpha value is -2.90. The second-order valence-corrected chi connectivity index (χ2v) is 3.91. The number of ether oxygens (including phenoxy) is 2. The van der Waals surface area contributed by atoms with Gasteiger partial charge in [-0.05, 0) is 31.2 Å². The molecule has 0 fully saturated rings. The summed E-state index contributed by atoms with van der Waals surface area (Å²) in [6.07, 6.45) is 0. The molecule has 0 aliphatic carbocycles. The molecule has 1 aromatic carbocycles. The highest BCUT2D eigenvalue weighted by Gasteiger charge is 2.33. The van der Waals surface area contributed by atoms with Crippen molar-refractivity contribution in [2.45, 2.75) is 6.92 Å². The van der Waals surface area contributed by atoms with Crippen LogP contribution in [0.2, 0.25) is 0 Å². The quantitative estimate of drug-likeness (QED) is 0.473. The van der Waals surface area contributed by atoms with E-state index in [4.69, 9.17) is 14.0 Å². The largest absolute Gasteiger partial charge is 0.497 e. The van der Waals surface area contributed by atoms with Crippen molar-refractivity contribution in [1.82, 2.24) is 5.16 Å². The minimum Gasteiger partial charge on any atom is -0.497 e. The minimum atomic E-state index is -0.920. The van der Waals surface area contributed by atoms with E-state index in [1.54, 1.807) is 31.2 Å². The van der Waals surface area contributed by atoms with Gasteiger partial charge in [0.05, 0.1) is 18.6 Å². The summed E-state index contributed by atoms with van der Waals surface area (Å²) in [5, 5.41) is 14.8. The average molecular weight is 292 g/mol. The van der Waals surface area contributed by atoms with Gasteiger partial charge in [-0.3, -0.25) is 10.1 Å². The second-order valence-electron chi connectivity index (χ2n) is 3.91. The molecule has 0 bridgehead atoms. The van der Waals surface area contributed by atoms with Crippen LogP contribution in [0.15, 0.2) is 28.8 Å². The van der Waals surface area contributed by atoms with Crippen molar-refractivity contribution in [3.05, 3.63) is 40.1 Å². The number of aromatic nitrogens is 1. The summed E-state index contributed by atoms with van der Waals surface area (Å²) in [6.45, 7) is 1.67. The molecule has 1 heterocycles. The molecule has 0 spiro atoms. The molecule has 2 rings (SSSR count). The molecule has 0 unspecified atom stereocenters. The molecular weight excluding hydrogens is 280 g/mol. The zero-order valence-corrected chi connectivity index (χ0v) is 11.4. The first-order valence-corrected chi connectivity index (χ1v) is 6.04. The Bertz CT molecular complexity index is 662. The standard InChI is InChI=1S/C13H12N2O6/c1-3-20-13(16)12-11(15(17)18)10(14-21-12)8-4-6-9(19-2)7-5-8/h4-7H,3H2,1-2H3. The number of rotatable bonds is 5. The van der Waals surface area contributed by atoms with Gasteiger partial charge in [0.2, 0.25) is 0 Å². The number of benzene rings is 1. The van der Waals surface area contributed by atoms with E-state index in [9.17, 15) is 14.9 Å². The average Bonchev–Trinajstić information content (AvgIpc) is 2.92. The van der Waals surface area contributed by atoms with Crippen molar-refractivity contribution in [2.24, 2.45) is 0 Å². The van der Waals surface area contributed by atoms with Crippen LogP contribution in [0, 0.1) is 10.1 Å². The first-order chi connectivity index (χ1) is 10.1. The predicted octanol–water partition coefficient (Wildman–Crippen LogP) is 2.44. The maximum atomic E-state index is 11.6. The van der Waals surface area contributed by atoms with Gasteiger partial charge in [0.1, 0.15) is 5.75 Å². The summed E-state index contributed by atoms with van der Waals surface area (Å²) >= 11 is 0. The van der Waals surface area contributed by atoms with Crippen molar-refractivity contribution in [3.63, 3.8) is 0 Å². The van der Waals surface area contributed by atoms with E-state index < -0.39 is 22.3 Å². The second kappa shape index (κ2) is 6.04. The molecule has 0 saturated heterocycles. The Morgan fingerprint density at radius 3 is 2.57 bits per heavy atom.